The van der Waals surface area contributed by atoms with Crippen molar-refractivity contribution in [3.63, 3.8) is 0 Å². The van der Waals surface area contributed by atoms with Gasteiger partial charge in [0.05, 0.1) is 6.61 Å². The molecule has 0 saturated heterocycles. The fourth-order valence-electron chi connectivity index (χ4n) is 1.60. The van der Waals surface area contributed by atoms with Gasteiger partial charge in [-0.05, 0) is 32.0 Å². The smallest absolute Gasteiger partial charge is 0.263 e. The lowest BCUT2D eigenvalue weighted by Crippen LogP contribution is -2.41. The van der Waals surface area contributed by atoms with Crippen LogP contribution in [0.15, 0.2) is 24.3 Å². The van der Waals surface area contributed by atoms with E-state index in [0.29, 0.717) is 23.9 Å². The summed E-state index contributed by atoms with van der Waals surface area (Å²) in [4.78, 5) is 13.6. The normalized spacial score (nSPS) is 12.0. The van der Waals surface area contributed by atoms with Crippen LogP contribution in [0.3, 0.4) is 0 Å². The van der Waals surface area contributed by atoms with Crippen molar-refractivity contribution in [1.29, 1.82) is 0 Å². The molecule has 0 radical (unpaired) electrons. The number of likely N-dealkylation sites (N-methyl/N-ethyl adjacent to an activating group) is 1. The summed E-state index contributed by atoms with van der Waals surface area (Å²) in [5.41, 5.74) is 0. The quantitative estimate of drug-likeness (QED) is 0.860. The second kappa shape index (κ2) is 7.24. The van der Waals surface area contributed by atoms with Gasteiger partial charge >= 0.3 is 0 Å². The Labute approximate surface area is 112 Å². The van der Waals surface area contributed by atoms with Crippen LogP contribution in [0.2, 0.25) is 5.02 Å². The minimum absolute atomic E-state index is 0.0521. The number of aliphatic hydroxyl groups is 1. The topological polar surface area (TPSA) is 49.8 Å². The highest BCUT2D eigenvalue weighted by Gasteiger charge is 2.20. The van der Waals surface area contributed by atoms with Gasteiger partial charge in [0.2, 0.25) is 0 Å². The van der Waals surface area contributed by atoms with Crippen molar-refractivity contribution in [2.24, 2.45) is 0 Å². The first-order valence-electron chi connectivity index (χ1n) is 5.90. The maximum Gasteiger partial charge on any atom is 0.263 e. The van der Waals surface area contributed by atoms with Crippen molar-refractivity contribution >= 4 is 17.5 Å². The van der Waals surface area contributed by atoms with Gasteiger partial charge in [-0.3, -0.25) is 4.79 Å². The Morgan fingerprint density at radius 3 is 2.83 bits per heavy atom. The molecule has 0 aromatic heterocycles. The van der Waals surface area contributed by atoms with Gasteiger partial charge in [-0.25, -0.2) is 0 Å². The summed E-state index contributed by atoms with van der Waals surface area (Å²) < 4.78 is 5.53. The lowest BCUT2D eigenvalue weighted by molar-refractivity contribution is -0.138. The molecule has 1 amide bonds. The zero-order chi connectivity index (χ0) is 13.5. The zero-order valence-corrected chi connectivity index (χ0v) is 11.4. The molecular weight excluding hydrogens is 254 g/mol. The van der Waals surface area contributed by atoms with Gasteiger partial charge in [-0.15, -0.1) is 0 Å². The van der Waals surface area contributed by atoms with E-state index >= 15 is 0 Å². The number of aliphatic hydroxyl groups excluding tert-OH is 1. The van der Waals surface area contributed by atoms with Gasteiger partial charge in [-0.1, -0.05) is 17.7 Å². The number of nitrogens with zero attached hydrogens (tertiary/aromatic N) is 1. The molecule has 0 spiro atoms. The molecule has 0 fully saturated rings. The number of carbonyl (C=O) groups is 1. The van der Waals surface area contributed by atoms with E-state index in [1.165, 1.54) is 0 Å². The lowest BCUT2D eigenvalue weighted by Gasteiger charge is -2.24. The Morgan fingerprint density at radius 1 is 1.56 bits per heavy atom. The molecule has 1 N–H and O–H groups in total. The van der Waals surface area contributed by atoms with Crippen LogP contribution in [0, 0.1) is 0 Å². The first-order chi connectivity index (χ1) is 8.58. The van der Waals surface area contributed by atoms with E-state index in [1.807, 2.05) is 6.92 Å². The van der Waals surface area contributed by atoms with Crippen LogP contribution in [0.1, 0.15) is 13.8 Å². The summed E-state index contributed by atoms with van der Waals surface area (Å²) in [5, 5.41) is 9.44. The molecule has 0 bridgehead atoms. The third kappa shape index (κ3) is 4.20. The molecule has 1 rings (SSSR count). The van der Waals surface area contributed by atoms with E-state index in [1.54, 1.807) is 36.1 Å². The van der Waals surface area contributed by atoms with Crippen LogP contribution < -0.4 is 4.74 Å². The van der Waals surface area contributed by atoms with Crippen molar-refractivity contribution in [2.45, 2.75) is 20.0 Å². The number of carbonyl (C=O) groups excluding carboxylic acids is 1. The van der Waals surface area contributed by atoms with Crippen molar-refractivity contribution in [2.75, 3.05) is 19.7 Å². The number of hydrogen-bond acceptors (Lipinski definition) is 3. The number of hydrogen-bond donors (Lipinski definition) is 1. The van der Waals surface area contributed by atoms with E-state index in [-0.39, 0.29) is 12.5 Å². The number of amides is 1. The molecule has 0 aliphatic rings. The van der Waals surface area contributed by atoms with E-state index in [0.717, 1.165) is 0 Å². The van der Waals surface area contributed by atoms with Crippen LogP contribution in [0.5, 0.6) is 5.75 Å². The molecule has 5 heteroatoms. The highest BCUT2D eigenvalue weighted by atomic mass is 35.5. The highest BCUT2D eigenvalue weighted by molar-refractivity contribution is 6.30. The minimum atomic E-state index is -0.602. The summed E-state index contributed by atoms with van der Waals surface area (Å²) >= 11 is 5.84. The summed E-state index contributed by atoms with van der Waals surface area (Å²) in [5.74, 6) is 0.412. The van der Waals surface area contributed by atoms with E-state index in [2.05, 4.69) is 0 Å². The Balaban J connectivity index is 2.64. The number of rotatable bonds is 6. The van der Waals surface area contributed by atoms with Crippen LogP contribution in [-0.4, -0.2) is 41.7 Å². The monoisotopic (exact) mass is 271 g/mol. The standard InChI is InChI=1S/C13H18ClNO3/c1-3-15(7-8-16)13(17)10(2)18-12-6-4-5-11(14)9-12/h4-6,9-10,16H,3,7-8H2,1-2H3. The van der Waals surface area contributed by atoms with Crippen LogP contribution in [0.4, 0.5) is 0 Å². The number of ether oxygens (including phenoxy) is 1. The van der Waals surface area contributed by atoms with Gasteiger partial charge in [0.1, 0.15) is 5.75 Å². The fourth-order valence-corrected chi connectivity index (χ4v) is 1.78. The summed E-state index contributed by atoms with van der Waals surface area (Å²) in [6, 6.07) is 6.91. The summed E-state index contributed by atoms with van der Waals surface area (Å²) in [6.07, 6.45) is -0.602. The highest BCUT2D eigenvalue weighted by Crippen LogP contribution is 2.18. The van der Waals surface area contributed by atoms with Gasteiger partial charge in [0.25, 0.3) is 5.91 Å². The Hall–Kier alpha value is -1.26. The fraction of sp³-hybridized carbons (Fsp3) is 0.462. The molecule has 0 heterocycles. The molecule has 1 aromatic rings. The molecule has 1 atom stereocenters. The molecule has 0 saturated carbocycles. The maximum atomic E-state index is 12.0. The third-order valence-electron chi connectivity index (χ3n) is 2.52. The first kappa shape index (κ1) is 14.8. The predicted molar refractivity (Wildman–Crippen MR) is 70.9 cm³/mol. The van der Waals surface area contributed by atoms with Crippen molar-refractivity contribution in [3.8, 4) is 5.75 Å². The van der Waals surface area contributed by atoms with Crippen LogP contribution in [-0.2, 0) is 4.79 Å². The largest absolute Gasteiger partial charge is 0.481 e. The molecule has 18 heavy (non-hydrogen) atoms. The maximum absolute atomic E-state index is 12.0. The van der Waals surface area contributed by atoms with Crippen molar-refractivity contribution < 1.29 is 14.6 Å². The molecule has 4 nitrogen and oxygen atoms in total. The van der Waals surface area contributed by atoms with Gasteiger partial charge in [0.15, 0.2) is 6.10 Å². The second-order valence-corrected chi connectivity index (χ2v) is 4.30. The average molecular weight is 272 g/mol. The van der Waals surface area contributed by atoms with E-state index in [9.17, 15) is 4.79 Å². The molecule has 0 aliphatic carbocycles. The number of benzene rings is 1. The molecule has 100 valence electrons. The number of halogens is 1. The van der Waals surface area contributed by atoms with E-state index < -0.39 is 6.10 Å². The third-order valence-corrected chi connectivity index (χ3v) is 2.76. The van der Waals surface area contributed by atoms with Crippen LogP contribution >= 0.6 is 11.6 Å². The zero-order valence-electron chi connectivity index (χ0n) is 10.6. The Bertz CT molecular complexity index is 398. The molecule has 1 aromatic carbocycles. The van der Waals surface area contributed by atoms with Crippen molar-refractivity contribution in [3.05, 3.63) is 29.3 Å². The van der Waals surface area contributed by atoms with Crippen LogP contribution in [0.25, 0.3) is 0 Å². The minimum Gasteiger partial charge on any atom is -0.481 e. The first-order valence-corrected chi connectivity index (χ1v) is 6.28. The predicted octanol–water partition coefficient (Wildman–Crippen LogP) is 1.95. The van der Waals surface area contributed by atoms with Gasteiger partial charge in [-0.2, -0.15) is 0 Å². The second-order valence-electron chi connectivity index (χ2n) is 3.86. The van der Waals surface area contributed by atoms with Crippen molar-refractivity contribution in [1.82, 2.24) is 4.90 Å². The molecule has 1 unspecified atom stereocenters. The summed E-state index contributed by atoms with van der Waals surface area (Å²) in [7, 11) is 0. The molecule has 0 aliphatic heterocycles. The van der Waals surface area contributed by atoms with E-state index in [4.69, 9.17) is 21.4 Å². The van der Waals surface area contributed by atoms with Gasteiger partial charge in [0, 0.05) is 18.1 Å². The van der Waals surface area contributed by atoms with Gasteiger partial charge < -0.3 is 14.7 Å². The Morgan fingerprint density at radius 2 is 2.28 bits per heavy atom. The summed E-state index contributed by atoms with van der Waals surface area (Å²) in [6.45, 7) is 4.35. The Kier molecular flexibility index (Phi) is 5.95. The molecular formula is C13H18ClNO3. The average Bonchev–Trinajstić information content (AvgIpc) is 2.35. The SMILES string of the molecule is CCN(CCO)C(=O)C(C)Oc1cccc(Cl)c1. The lowest BCUT2D eigenvalue weighted by atomic mass is 10.3.